The molecule has 2 heterocycles. The first-order valence-corrected chi connectivity index (χ1v) is 5.57. The Morgan fingerprint density at radius 1 is 1.72 bits per heavy atom. The molecule has 18 heavy (non-hydrogen) atoms. The second-order valence-electron chi connectivity index (χ2n) is 4.02. The lowest BCUT2D eigenvalue weighted by Gasteiger charge is -2.17. The summed E-state index contributed by atoms with van der Waals surface area (Å²) in [5.41, 5.74) is 0.0899. The molecule has 7 nitrogen and oxygen atoms in total. The number of aromatic nitrogens is 2. The lowest BCUT2D eigenvalue weighted by molar-refractivity contribution is 0.00512. The van der Waals surface area contributed by atoms with E-state index < -0.39 is 24.1 Å². The van der Waals surface area contributed by atoms with Crippen LogP contribution in [0.25, 0.3) is 6.08 Å². The van der Waals surface area contributed by atoms with Gasteiger partial charge in [-0.1, -0.05) is 12.7 Å². The molecule has 1 aliphatic heterocycles. The Morgan fingerprint density at radius 3 is 3.11 bits per heavy atom. The number of aromatic amines is 1. The molecule has 1 aliphatic rings. The highest BCUT2D eigenvalue weighted by atomic mass is 16.5. The van der Waals surface area contributed by atoms with Gasteiger partial charge in [-0.25, -0.2) is 4.79 Å². The minimum Gasteiger partial charge on any atom is -0.394 e. The van der Waals surface area contributed by atoms with Crippen LogP contribution in [-0.2, 0) is 4.74 Å². The molecule has 4 N–H and O–H groups in total. The number of anilines is 1. The van der Waals surface area contributed by atoms with Crippen LogP contribution in [-0.4, -0.2) is 45.2 Å². The zero-order chi connectivity index (χ0) is 13.1. The van der Waals surface area contributed by atoms with Crippen LogP contribution in [0, 0.1) is 0 Å². The molecule has 0 aromatic carbocycles. The van der Waals surface area contributed by atoms with Crippen molar-refractivity contribution in [1.29, 1.82) is 0 Å². The van der Waals surface area contributed by atoms with E-state index in [0.29, 0.717) is 12.0 Å². The molecule has 1 aromatic rings. The molecule has 1 saturated heterocycles. The molecule has 2 rings (SSSR count). The average Bonchev–Trinajstić information content (AvgIpc) is 2.71. The summed E-state index contributed by atoms with van der Waals surface area (Å²) in [6.07, 6.45) is 1.45. The minimum atomic E-state index is -0.763. The SMILES string of the molecule is C=Cc1c[nH]c(=O)nc1N[C@@H]1O[C@H](CO)C[C@H]1O. The van der Waals surface area contributed by atoms with Gasteiger partial charge in [0.05, 0.1) is 12.7 Å². The fraction of sp³-hybridized carbons (Fsp3) is 0.455. The maximum atomic E-state index is 11.1. The second kappa shape index (κ2) is 5.30. The number of H-pyrrole nitrogens is 1. The van der Waals surface area contributed by atoms with Crippen LogP contribution in [0.15, 0.2) is 17.6 Å². The van der Waals surface area contributed by atoms with Gasteiger partial charge in [0.1, 0.15) is 11.9 Å². The largest absolute Gasteiger partial charge is 0.394 e. The third-order valence-electron chi connectivity index (χ3n) is 2.73. The highest BCUT2D eigenvalue weighted by molar-refractivity contribution is 5.60. The minimum absolute atomic E-state index is 0.160. The maximum Gasteiger partial charge on any atom is 0.346 e. The first-order valence-electron chi connectivity index (χ1n) is 5.57. The summed E-state index contributed by atoms with van der Waals surface area (Å²) in [7, 11) is 0. The number of nitrogens with zero attached hydrogens (tertiary/aromatic N) is 1. The van der Waals surface area contributed by atoms with Gasteiger partial charge in [0.25, 0.3) is 0 Å². The summed E-state index contributed by atoms with van der Waals surface area (Å²) in [4.78, 5) is 17.3. The molecule has 0 aliphatic carbocycles. The predicted octanol–water partition coefficient (Wildman–Crippen LogP) is -0.707. The Morgan fingerprint density at radius 2 is 2.50 bits per heavy atom. The molecule has 3 atom stereocenters. The van der Waals surface area contributed by atoms with Gasteiger partial charge in [-0.05, 0) is 0 Å². The van der Waals surface area contributed by atoms with E-state index >= 15 is 0 Å². The lowest BCUT2D eigenvalue weighted by Crippen LogP contribution is -2.31. The van der Waals surface area contributed by atoms with Gasteiger partial charge < -0.3 is 25.3 Å². The van der Waals surface area contributed by atoms with E-state index in [-0.39, 0.29) is 12.4 Å². The number of rotatable bonds is 4. The van der Waals surface area contributed by atoms with Crippen LogP contribution in [0.5, 0.6) is 0 Å². The van der Waals surface area contributed by atoms with Gasteiger partial charge in [0, 0.05) is 18.2 Å². The van der Waals surface area contributed by atoms with Crippen molar-refractivity contribution in [2.24, 2.45) is 0 Å². The van der Waals surface area contributed by atoms with E-state index in [4.69, 9.17) is 9.84 Å². The Kier molecular flexibility index (Phi) is 3.75. The highest BCUT2D eigenvalue weighted by Gasteiger charge is 2.33. The van der Waals surface area contributed by atoms with E-state index in [9.17, 15) is 9.90 Å². The van der Waals surface area contributed by atoms with Gasteiger partial charge in [-0.2, -0.15) is 4.98 Å². The van der Waals surface area contributed by atoms with E-state index in [0.717, 1.165) is 0 Å². The second-order valence-corrected chi connectivity index (χ2v) is 4.02. The Labute approximate surface area is 103 Å². The third-order valence-corrected chi connectivity index (χ3v) is 2.73. The smallest absolute Gasteiger partial charge is 0.346 e. The summed E-state index contributed by atoms with van der Waals surface area (Å²) in [5.74, 6) is 0.288. The molecule has 0 unspecified atom stereocenters. The molecule has 0 radical (unpaired) electrons. The molecule has 0 bridgehead atoms. The molecule has 7 heteroatoms. The number of ether oxygens (including phenoxy) is 1. The van der Waals surface area contributed by atoms with Crippen molar-refractivity contribution in [3.63, 3.8) is 0 Å². The van der Waals surface area contributed by atoms with Crippen LogP contribution in [0.3, 0.4) is 0 Å². The molecule has 1 fully saturated rings. The van der Waals surface area contributed by atoms with Crippen LogP contribution in [0.1, 0.15) is 12.0 Å². The zero-order valence-electron chi connectivity index (χ0n) is 9.67. The number of nitrogens with one attached hydrogen (secondary N) is 2. The lowest BCUT2D eigenvalue weighted by atomic mass is 10.2. The standard InChI is InChI=1S/C11H15N3O4/c1-2-6-4-12-11(17)14-9(6)13-10-8(16)3-7(5-15)18-10/h2,4,7-8,10,15-16H,1,3,5H2,(H2,12,13,14,17)/t7-,8+,10+/m0/s1. The van der Waals surface area contributed by atoms with Gasteiger partial charge in [-0.3, -0.25) is 0 Å². The summed E-state index contributed by atoms with van der Waals surface area (Å²) in [6, 6.07) is 0. The van der Waals surface area contributed by atoms with Gasteiger partial charge >= 0.3 is 5.69 Å². The molecule has 0 amide bonds. The third kappa shape index (κ3) is 2.58. The van der Waals surface area contributed by atoms with E-state index in [1.807, 2.05) is 0 Å². The molecule has 98 valence electrons. The van der Waals surface area contributed by atoms with Gasteiger partial charge in [-0.15, -0.1) is 0 Å². The average molecular weight is 253 g/mol. The number of aliphatic hydroxyl groups is 2. The zero-order valence-corrected chi connectivity index (χ0v) is 9.67. The van der Waals surface area contributed by atoms with Crippen LogP contribution in [0.2, 0.25) is 0 Å². The van der Waals surface area contributed by atoms with Crippen molar-refractivity contribution in [3.05, 3.63) is 28.8 Å². The fourth-order valence-corrected chi connectivity index (χ4v) is 1.81. The van der Waals surface area contributed by atoms with Gasteiger partial charge in [0.15, 0.2) is 6.23 Å². The Balaban J connectivity index is 2.16. The number of hydrogen-bond acceptors (Lipinski definition) is 6. The fourth-order valence-electron chi connectivity index (χ4n) is 1.81. The Bertz CT molecular complexity index is 487. The first-order chi connectivity index (χ1) is 8.63. The van der Waals surface area contributed by atoms with Crippen molar-refractivity contribution in [3.8, 4) is 0 Å². The van der Waals surface area contributed by atoms with E-state index in [2.05, 4.69) is 21.9 Å². The quantitative estimate of drug-likeness (QED) is 0.565. The van der Waals surface area contributed by atoms with E-state index in [1.54, 1.807) is 0 Å². The summed E-state index contributed by atoms with van der Waals surface area (Å²) in [5, 5.41) is 21.5. The molecule has 1 aromatic heterocycles. The predicted molar refractivity (Wildman–Crippen MR) is 64.9 cm³/mol. The first kappa shape index (κ1) is 12.7. The van der Waals surface area contributed by atoms with Gasteiger partial charge in [0.2, 0.25) is 0 Å². The van der Waals surface area contributed by atoms with Crippen molar-refractivity contribution >= 4 is 11.9 Å². The molecular weight excluding hydrogens is 238 g/mol. The monoisotopic (exact) mass is 253 g/mol. The van der Waals surface area contributed by atoms with E-state index in [1.165, 1.54) is 12.3 Å². The molecular formula is C11H15N3O4. The van der Waals surface area contributed by atoms with Crippen LogP contribution >= 0.6 is 0 Å². The number of aliphatic hydroxyl groups excluding tert-OH is 2. The van der Waals surface area contributed by atoms with Crippen LogP contribution in [0.4, 0.5) is 5.82 Å². The van der Waals surface area contributed by atoms with Crippen molar-refractivity contribution < 1.29 is 14.9 Å². The Hall–Kier alpha value is -1.70. The highest BCUT2D eigenvalue weighted by Crippen LogP contribution is 2.22. The molecule has 0 saturated carbocycles. The topological polar surface area (TPSA) is 107 Å². The van der Waals surface area contributed by atoms with Crippen molar-refractivity contribution in [2.45, 2.75) is 24.9 Å². The summed E-state index contributed by atoms with van der Waals surface area (Å²) >= 11 is 0. The summed E-state index contributed by atoms with van der Waals surface area (Å²) < 4.78 is 5.37. The number of hydrogen-bond donors (Lipinski definition) is 4. The maximum absolute atomic E-state index is 11.1. The van der Waals surface area contributed by atoms with Crippen LogP contribution < -0.4 is 11.0 Å². The summed E-state index contributed by atoms with van der Waals surface area (Å²) in [6.45, 7) is 3.44. The van der Waals surface area contributed by atoms with Crippen molar-refractivity contribution in [2.75, 3.05) is 11.9 Å². The normalized spacial score (nSPS) is 27.1. The molecule has 0 spiro atoms. The van der Waals surface area contributed by atoms with Crippen molar-refractivity contribution in [1.82, 2.24) is 9.97 Å².